The van der Waals surface area contributed by atoms with Gasteiger partial charge in [0.05, 0.1) is 0 Å². The molecule has 122 valence electrons. The molecule has 1 N–H and O–H groups in total. The molecule has 3 rings (SSSR count). The molecular formula is C17H15FN4O2. The van der Waals surface area contributed by atoms with Gasteiger partial charge in [0.1, 0.15) is 5.82 Å². The normalized spacial score (nSPS) is 10.5. The van der Waals surface area contributed by atoms with Crippen molar-refractivity contribution >= 4 is 17.6 Å². The van der Waals surface area contributed by atoms with Crippen molar-refractivity contribution in [3.8, 4) is 11.5 Å². The van der Waals surface area contributed by atoms with E-state index in [0.717, 1.165) is 5.69 Å². The lowest BCUT2D eigenvalue weighted by Crippen LogP contribution is -2.13. The van der Waals surface area contributed by atoms with Gasteiger partial charge < -0.3 is 9.32 Å². The minimum atomic E-state index is -0.354. The topological polar surface area (TPSA) is 71.3 Å². The molecule has 7 heteroatoms. The molecule has 0 fully saturated rings. The van der Waals surface area contributed by atoms with Crippen LogP contribution in [0.3, 0.4) is 0 Å². The third kappa shape index (κ3) is 3.40. The van der Waals surface area contributed by atoms with Crippen LogP contribution in [-0.2, 0) is 0 Å². The first-order chi connectivity index (χ1) is 11.5. The molecule has 3 aromatic rings. The summed E-state index contributed by atoms with van der Waals surface area (Å²) in [5.41, 5.74) is 2.03. The standard InChI is InChI=1S/C17H15FN4O2/c1-22(2)14-9-5-11(6-10-14)15(23)19-17-21-20-16(24-17)12-3-7-13(18)8-4-12/h3-10H,1-2H3,(H,19,21,23). The van der Waals surface area contributed by atoms with Crippen LogP contribution < -0.4 is 10.2 Å². The minimum absolute atomic E-state index is 0.0176. The lowest BCUT2D eigenvalue weighted by Gasteiger charge is -2.12. The Hall–Kier alpha value is -3.22. The Kier molecular flexibility index (Phi) is 4.24. The van der Waals surface area contributed by atoms with Crippen molar-refractivity contribution in [2.45, 2.75) is 0 Å². The van der Waals surface area contributed by atoms with Gasteiger partial charge in [-0.25, -0.2) is 4.39 Å². The predicted octanol–water partition coefficient (Wildman–Crippen LogP) is 3.19. The number of rotatable bonds is 4. The van der Waals surface area contributed by atoms with Crippen LogP contribution in [0.5, 0.6) is 0 Å². The first-order valence-electron chi connectivity index (χ1n) is 7.21. The van der Waals surface area contributed by atoms with Gasteiger partial charge in [0.15, 0.2) is 0 Å². The van der Waals surface area contributed by atoms with Gasteiger partial charge in [-0.05, 0) is 48.5 Å². The molecule has 0 aliphatic carbocycles. The fourth-order valence-electron chi connectivity index (χ4n) is 2.06. The largest absolute Gasteiger partial charge is 0.403 e. The number of nitrogens with zero attached hydrogens (tertiary/aromatic N) is 3. The highest BCUT2D eigenvalue weighted by atomic mass is 19.1. The maximum Gasteiger partial charge on any atom is 0.322 e. The molecule has 6 nitrogen and oxygen atoms in total. The van der Waals surface area contributed by atoms with E-state index in [9.17, 15) is 9.18 Å². The van der Waals surface area contributed by atoms with Crippen molar-refractivity contribution in [1.82, 2.24) is 10.2 Å². The van der Waals surface area contributed by atoms with E-state index in [-0.39, 0.29) is 23.6 Å². The Balaban J connectivity index is 1.72. The average Bonchev–Trinajstić information content (AvgIpc) is 3.04. The average molecular weight is 326 g/mol. The zero-order valence-corrected chi connectivity index (χ0v) is 13.2. The molecule has 0 spiro atoms. The molecule has 0 saturated heterocycles. The molecule has 0 saturated carbocycles. The van der Waals surface area contributed by atoms with Crippen molar-refractivity contribution in [2.24, 2.45) is 0 Å². The number of amides is 1. The molecule has 0 unspecified atom stereocenters. The first-order valence-corrected chi connectivity index (χ1v) is 7.21. The van der Waals surface area contributed by atoms with E-state index in [2.05, 4.69) is 15.5 Å². The van der Waals surface area contributed by atoms with Crippen LogP contribution in [0, 0.1) is 5.82 Å². The van der Waals surface area contributed by atoms with Gasteiger partial charge >= 0.3 is 6.01 Å². The van der Waals surface area contributed by atoms with Crippen LogP contribution in [0.4, 0.5) is 16.1 Å². The first kappa shape index (κ1) is 15.7. The highest BCUT2D eigenvalue weighted by Crippen LogP contribution is 2.20. The number of anilines is 2. The van der Waals surface area contributed by atoms with Crippen LogP contribution in [0.15, 0.2) is 52.9 Å². The van der Waals surface area contributed by atoms with E-state index in [1.807, 2.05) is 31.1 Å². The predicted molar refractivity (Wildman–Crippen MR) is 88.4 cm³/mol. The molecule has 24 heavy (non-hydrogen) atoms. The number of carbonyl (C=O) groups is 1. The lowest BCUT2D eigenvalue weighted by atomic mass is 10.2. The second-order valence-electron chi connectivity index (χ2n) is 5.31. The highest BCUT2D eigenvalue weighted by molar-refractivity contribution is 6.03. The SMILES string of the molecule is CN(C)c1ccc(C(=O)Nc2nnc(-c3ccc(F)cc3)o2)cc1. The number of nitrogens with one attached hydrogen (secondary N) is 1. The van der Waals surface area contributed by atoms with Gasteiger partial charge in [-0.3, -0.25) is 10.1 Å². The Morgan fingerprint density at radius 2 is 1.71 bits per heavy atom. The van der Waals surface area contributed by atoms with Gasteiger partial charge in [-0.2, -0.15) is 0 Å². The quantitative estimate of drug-likeness (QED) is 0.797. The molecule has 0 atom stereocenters. The van der Waals surface area contributed by atoms with Gasteiger partial charge in [0.2, 0.25) is 5.89 Å². The second-order valence-corrected chi connectivity index (χ2v) is 5.31. The molecule has 1 heterocycles. The van der Waals surface area contributed by atoms with Crippen molar-refractivity contribution in [2.75, 3.05) is 24.3 Å². The molecule has 0 aliphatic rings. The van der Waals surface area contributed by atoms with E-state index in [4.69, 9.17) is 4.42 Å². The van der Waals surface area contributed by atoms with Crippen molar-refractivity contribution in [1.29, 1.82) is 0 Å². The summed E-state index contributed by atoms with van der Waals surface area (Å²) in [5, 5.41) is 10.2. The Morgan fingerprint density at radius 1 is 1.04 bits per heavy atom. The molecule has 2 aromatic carbocycles. The third-order valence-electron chi connectivity index (χ3n) is 3.38. The van der Waals surface area contributed by atoms with E-state index >= 15 is 0 Å². The van der Waals surface area contributed by atoms with Gasteiger partial charge in [0.25, 0.3) is 5.91 Å². The molecular weight excluding hydrogens is 311 g/mol. The van der Waals surface area contributed by atoms with E-state index in [1.165, 1.54) is 24.3 Å². The van der Waals surface area contributed by atoms with Crippen molar-refractivity contribution in [3.63, 3.8) is 0 Å². The minimum Gasteiger partial charge on any atom is -0.403 e. The lowest BCUT2D eigenvalue weighted by molar-refractivity contribution is 0.102. The molecule has 0 radical (unpaired) electrons. The summed E-state index contributed by atoms with van der Waals surface area (Å²) in [5.74, 6) is -0.504. The maximum atomic E-state index is 12.9. The number of hydrogen-bond donors (Lipinski definition) is 1. The van der Waals surface area contributed by atoms with E-state index in [0.29, 0.717) is 11.1 Å². The molecule has 0 bridgehead atoms. The van der Waals surface area contributed by atoms with Gasteiger partial charge in [-0.1, -0.05) is 5.10 Å². The van der Waals surface area contributed by atoms with Crippen LogP contribution in [0.2, 0.25) is 0 Å². The van der Waals surface area contributed by atoms with Crippen LogP contribution >= 0.6 is 0 Å². The number of carbonyl (C=O) groups excluding carboxylic acids is 1. The monoisotopic (exact) mass is 326 g/mol. The van der Waals surface area contributed by atoms with Gasteiger partial charge in [0, 0.05) is 30.9 Å². The summed E-state index contributed by atoms with van der Waals surface area (Å²) in [6, 6.07) is 12.7. The number of aromatic nitrogens is 2. The van der Waals surface area contributed by atoms with Crippen LogP contribution in [0.1, 0.15) is 10.4 Å². The Bertz CT molecular complexity index is 842. The van der Waals surface area contributed by atoms with Crippen molar-refractivity contribution < 1.29 is 13.6 Å². The van der Waals surface area contributed by atoms with Crippen LogP contribution in [-0.4, -0.2) is 30.2 Å². The van der Waals surface area contributed by atoms with Crippen LogP contribution in [0.25, 0.3) is 11.5 Å². The maximum absolute atomic E-state index is 12.9. The zero-order valence-electron chi connectivity index (χ0n) is 13.2. The number of benzene rings is 2. The molecule has 1 aromatic heterocycles. The third-order valence-corrected chi connectivity index (χ3v) is 3.38. The van der Waals surface area contributed by atoms with Gasteiger partial charge in [-0.15, -0.1) is 5.10 Å². The molecule has 0 aliphatic heterocycles. The summed E-state index contributed by atoms with van der Waals surface area (Å²) in [4.78, 5) is 14.1. The highest BCUT2D eigenvalue weighted by Gasteiger charge is 2.13. The summed E-state index contributed by atoms with van der Waals surface area (Å²) in [6.45, 7) is 0. The second kappa shape index (κ2) is 6.49. The van der Waals surface area contributed by atoms with Crippen molar-refractivity contribution in [3.05, 3.63) is 59.9 Å². The fraction of sp³-hybridized carbons (Fsp3) is 0.118. The summed E-state index contributed by atoms with van der Waals surface area (Å²) >= 11 is 0. The summed E-state index contributed by atoms with van der Waals surface area (Å²) in [6.07, 6.45) is 0. The number of hydrogen-bond acceptors (Lipinski definition) is 5. The Labute approximate surface area is 137 Å². The smallest absolute Gasteiger partial charge is 0.322 e. The number of halogens is 1. The fourth-order valence-corrected chi connectivity index (χ4v) is 2.06. The van der Waals surface area contributed by atoms with E-state index in [1.54, 1.807) is 12.1 Å². The molecule has 1 amide bonds. The van der Waals surface area contributed by atoms with E-state index < -0.39 is 0 Å². The zero-order chi connectivity index (χ0) is 17.1. The summed E-state index contributed by atoms with van der Waals surface area (Å²) < 4.78 is 18.3. The summed E-state index contributed by atoms with van der Waals surface area (Å²) in [7, 11) is 3.84. The Morgan fingerprint density at radius 3 is 2.33 bits per heavy atom.